The summed E-state index contributed by atoms with van der Waals surface area (Å²) in [4.78, 5) is 66.9. The number of nitrogens with zero attached hydrogens (tertiary/aromatic N) is 10. The Labute approximate surface area is 392 Å². The zero-order chi connectivity index (χ0) is 44.6. The molecule has 2 saturated heterocycles. The van der Waals surface area contributed by atoms with Gasteiger partial charge in [0.1, 0.15) is 0 Å². The number of nitrogens with one attached hydrogen (secondary N) is 2. The fourth-order valence-corrected chi connectivity index (χ4v) is 9.12. The number of benzene rings is 2. The van der Waals surface area contributed by atoms with Crippen LogP contribution in [-0.2, 0) is 49.7 Å². The minimum atomic E-state index is -0.372. The predicted molar refractivity (Wildman–Crippen MR) is 263 cm³/mol. The maximum Gasteiger partial charge on any atom is 0.332 e. The zero-order valence-electron chi connectivity index (χ0n) is 36.3. The molecule has 0 saturated carbocycles. The fourth-order valence-electron chi connectivity index (χ4n) is 8.00. The summed E-state index contributed by atoms with van der Waals surface area (Å²) >= 11 is 4.63. The molecule has 2 aliphatic heterocycles. The van der Waals surface area contributed by atoms with Crippen LogP contribution in [0.15, 0.2) is 67.7 Å². The molecule has 0 unspecified atom stereocenters. The van der Waals surface area contributed by atoms with Gasteiger partial charge in [-0.25, -0.2) is 9.59 Å². The van der Waals surface area contributed by atoms with Crippen molar-refractivity contribution < 1.29 is 9.47 Å². The van der Waals surface area contributed by atoms with Crippen molar-refractivity contribution in [2.75, 3.05) is 88.6 Å². The monoisotopic (exact) mass is 1090 g/mol. The standard InChI is InChI=1S/C22H29IN6O3.C21H27IN6O3/c1-3-32-14-13-28-20(30)18-19(26(2)22(28)31)25-21(27-11-6-9-24-10-12-27)29(18)15-16-7-4-5-8-17(16)23;1-3-31-13-12-27-19(29)17-18(25(2)21(27)30)24-20(26-10-8-23-9-11-26)28(17)14-15-6-4-5-7-16(15)22/h4-5,7-8,24H,3,6,9-15H2,1-2H3;4-7,23H,3,8-14H2,1-2H3. The van der Waals surface area contributed by atoms with Gasteiger partial charge in [0, 0.05) is 80.3 Å². The SMILES string of the molecule is CCOCCn1c(=O)c2c(nc(N3CCCNCC3)n2Cc2ccccc2I)n(C)c1=O.CCOCCn1c(=O)c2c(nc(N3CCNCC3)n2Cc2ccccc2I)n(C)c1=O. The number of piperazine rings is 1. The molecule has 63 heavy (non-hydrogen) atoms. The highest BCUT2D eigenvalue weighted by atomic mass is 127. The van der Waals surface area contributed by atoms with E-state index >= 15 is 0 Å². The van der Waals surface area contributed by atoms with Crippen LogP contribution in [0, 0.1) is 7.14 Å². The number of imidazole rings is 2. The van der Waals surface area contributed by atoms with E-state index in [0.29, 0.717) is 61.8 Å². The molecular weight excluding hydrogens is 1030 g/mol. The number of hydrogen-bond acceptors (Lipinski definition) is 12. The van der Waals surface area contributed by atoms with Gasteiger partial charge in [0.15, 0.2) is 22.3 Å². The van der Waals surface area contributed by atoms with Crippen molar-refractivity contribution in [1.82, 2.24) is 48.0 Å². The topological polar surface area (TPSA) is 173 Å². The van der Waals surface area contributed by atoms with E-state index in [2.05, 4.69) is 89.9 Å². The Kier molecular flexibility index (Phi) is 15.9. The molecular formula is C43H56I2N12O6. The Morgan fingerprint density at radius 3 is 1.43 bits per heavy atom. The Balaban J connectivity index is 0.000000189. The number of hydrogen-bond donors (Lipinski definition) is 2. The first-order chi connectivity index (χ1) is 30.5. The van der Waals surface area contributed by atoms with Crippen LogP contribution < -0.4 is 42.9 Å². The summed E-state index contributed by atoms with van der Waals surface area (Å²) in [6, 6.07) is 16.2. The average Bonchev–Trinajstić information content (AvgIpc) is 3.74. The van der Waals surface area contributed by atoms with Crippen LogP contribution in [0.5, 0.6) is 0 Å². The van der Waals surface area contributed by atoms with E-state index in [1.54, 1.807) is 14.1 Å². The number of anilines is 2. The van der Waals surface area contributed by atoms with Gasteiger partial charge in [-0.1, -0.05) is 36.4 Å². The van der Waals surface area contributed by atoms with Gasteiger partial charge in [0.05, 0.1) is 39.4 Å². The number of rotatable bonds is 14. The summed E-state index contributed by atoms with van der Waals surface area (Å²) in [5, 5.41) is 6.77. The molecule has 0 amide bonds. The third-order valence-electron chi connectivity index (χ3n) is 11.3. The number of aryl methyl sites for hydroxylation is 2. The van der Waals surface area contributed by atoms with Crippen LogP contribution >= 0.6 is 45.2 Å². The quantitative estimate of drug-likeness (QED) is 0.121. The van der Waals surface area contributed by atoms with Gasteiger partial charge in [-0.3, -0.25) is 37.0 Å². The van der Waals surface area contributed by atoms with Gasteiger partial charge in [0.25, 0.3) is 11.1 Å². The van der Waals surface area contributed by atoms with Crippen LogP contribution in [0.1, 0.15) is 31.4 Å². The molecule has 6 heterocycles. The summed E-state index contributed by atoms with van der Waals surface area (Å²) in [5.41, 5.74) is 2.57. The van der Waals surface area contributed by atoms with E-state index in [1.807, 2.05) is 47.2 Å². The number of halogens is 2. The predicted octanol–water partition coefficient (Wildman–Crippen LogP) is 2.38. The van der Waals surface area contributed by atoms with Crippen molar-refractivity contribution in [3.05, 3.63) is 108 Å². The maximum absolute atomic E-state index is 13.6. The van der Waals surface area contributed by atoms with Gasteiger partial charge >= 0.3 is 11.4 Å². The van der Waals surface area contributed by atoms with Gasteiger partial charge in [-0.05, 0) is 95.3 Å². The summed E-state index contributed by atoms with van der Waals surface area (Å²) < 4.78 is 22.5. The Morgan fingerprint density at radius 1 is 0.587 bits per heavy atom. The highest BCUT2D eigenvalue weighted by Crippen LogP contribution is 2.25. The lowest BCUT2D eigenvalue weighted by Gasteiger charge is -2.28. The molecule has 18 nitrogen and oxygen atoms in total. The molecule has 0 radical (unpaired) electrons. The largest absolute Gasteiger partial charge is 0.380 e. The molecule has 2 N–H and O–H groups in total. The summed E-state index contributed by atoms with van der Waals surface area (Å²) in [6.45, 7) is 13.7. The van der Waals surface area contributed by atoms with Crippen LogP contribution in [0.25, 0.3) is 22.3 Å². The van der Waals surface area contributed by atoms with Crippen molar-refractivity contribution >= 4 is 79.4 Å². The van der Waals surface area contributed by atoms with Crippen molar-refractivity contribution in [3.63, 3.8) is 0 Å². The van der Waals surface area contributed by atoms with E-state index in [1.165, 1.54) is 18.3 Å². The number of aromatic nitrogens is 8. The minimum Gasteiger partial charge on any atom is -0.380 e. The zero-order valence-corrected chi connectivity index (χ0v) is 40.6. The third-order valence-corrected chi connectivity index (χ3v) is 13.5. The molecule has 2 fully saturated rings. The number of ether oxygens (including phenoxy) is 2. The molecule has 2 aliphatic rings. The first kappa shape index (κ1) is 46.6. The summed E-state index contributed by atoms with van der Waals surface area (Å²) in [6.07, 6.45) is 0.990. The summed E-state index contributed by atoms with van der Waals surface area (Å²) in [5.74, 6) is 1.46. The number of fused-ring (bicyclic) bond motifs is 2. The summed E-state index contributed by atoms with van der Waals surface area (Å²) in [7, 11) is 3.35. The molecule has 6 aromatic rings. The van der Waals surface area contributed by atoms with Crippen LogP contribution in [0.3, 0.4) is 0 Å². The molecule has 2 aromatic carbocycles. The van der Waals surface area contributed by atoms with Crippen LogP contribution in [0.2, 0.25) is 0 Å². The van der Waals surface area contributed by atoms with Crippen molar-refractivity contribution in [2.45, 2.75) is 46.4 Å². The lowest BCUT2D eigenvalue weighted by molar-refractivity contribution is 0.137. The molecule has 0 bridgehead atoms. The van der Waals surface area contributed by atoms with Crippen LogP contribution in [0.4, 0.5) is 11.9 Å². The first-order valence-electron chi connectivity index (χ1n) is 21.5. The van der Waals surface area contributed by atoms with E-state index < -0.39 is 0 Å². The van der Waals surface area contributed by atoms with Gasteiger partial charge in [-0.15, -0.1) is 0 Å². The molecule has 0 aliphatic carbocycles. The van der Waals surface area contributed by atoms with Gasteiger partial charge in [-0.2, -0.15) is 9.97 Å². The fraction of sp³-hybridized carbons (Fsp3) is 0.488. The van der Waals surface area contributed by atoms with Gasteiger partial charge in [0.2, 0.25) is 11.9 Å². The van der Waals surface area contributed by atoms with Crippen molar-refractivity contribution in [1.29, 1.82) is 0 Å². The van der Waals surface area contributed by atoms with E-state index in [-0.39, 0.29) is 35.6 Å². The lowest BCUT2D eigenvalue weighted by atomic mass is 10.2. The molecule has 4 aromatic heterocycles. The van der Waals surface area contributed by atoms with E-state index in [9.17, 15) is 19.2 Å². The molecule has 0 spiro atoms. The molecule has 0 atom stereocenters. The first-order valence-corrected chi connectivity index (χ1v) is 23.6. The van der Waals surface area contributed by atoms with E-state index in [0.717, 1.165) is 88.9 Å². The second kappa shape index (κ2) is 21.5. The normalized spacial score (nSPS) is 14.6. The molecule has 20 heteroatoms. The van der Waals surface area contributed by atoms with Gasteiger partial charge < -0.3 is 29.9 Å². The van der Waals surface area contributed by atoms with Crippen molar-refractivity contribution in [3.8, 4) is 0 Å². The Bertz CT molecular complexity index is 2780. The average molecular weight is 1090 g/mol. The molecule has 338 valence electrons. The van der Waals surface area contributed by atoms with E-state index in [4.69, 9.17) is 19.4 Å². The second-order valence-electron chi connectivity index (χ2n) is 15.3. The third kappa shape index (κ3) is 10.1. The van der Waals surface area contributed by atoms with Crippen molar-refractivity contribution in [2.24, 2.45) is 14.1 Å². The second-order valence-corrected chi connectivity index (χ2v) is 17.7. The maximum atomic E-state index is 13.6. The Hall–Kier alpha value is -4.36. The highest BCUT2D eigenvalue weighted by Gasteiger charge is 2.27. The minimum absolute atomic E-state index is 0.215. The Morgan fingerprint density at radius 2 is 1.00 bits per heavy atom. The smallest absolute Gasteiger partial charge is 0.332 e. The molecule has 8 rings (SSSR count). The van der Waals surface area contributed by atoms with Crippen LogP contribution in [-0.4, -0.2) is 116 Å². The lowest BCUT2D eigenvalue weighted by Crippen LogP contribution is -2.44. The highest BCUT2D eigenvalue weighted by molar-refractivity contribution is 14.1.